The van der Waals surface area contributed by atoms with Crippen LogP contribution in [0.5, 0.6) is 0 Å². The first-order chi connectivity index (χ1) is 11.8. The Bertz CT molecular complexity index is 648. The first kappa shape index (κ1) is 16.9. The fraction of sp³-hybridized carbons (Fsp3) is 0.455. The maximum Gasteiger partial charge on any atom is 0.0686 e. The van der Waals surface area contributed by atoms with E-state index in [1.165, 1.54) is 22.6 Å². The van der Waals surface area contributed by atoms with E-state index in [0.29, 0.717) is 0 Å². The molecule has 0 heterocycles. The Labute approximate surface area is 146 Å². The minimum absolute atomic E-state index is 1.06. The molecule has 0 aromatic heterocycles. The second kappa shape index (κ2) is 8.23. The highest BCUT2D eigenvalue weighted by Crippen LogP contribution is 2.33. The summed E-state index contributed by atoms with van der Waals surface area (Å²) in [5.74, 6) is 0. The average Bonchev–Trinajstić information content (AvgIpc) is 3.25. The molecule has 1 aromatic rings. The molecule has 126 valence electrons. The first-order valence-electron chi connectivity index (χ1n) is 9.44. The molecule has 0 fully saturated rings. The molecule has 2 aliphatic carbocycles. The largest absolute Gasteiger partial charge is 0.253 e. The predicted octanol–water partition coefficient (Wildman–Crippen LogP) is 6.44. The van der Waals surface area contributed by atoms with Gasteiger partial charge in [-0.1, -0.05) is 44.9 Å². The molecule has 2 nitrogen and oxygen atoms in total. The molecule has 2 heteroatoms. The molecule has 0 unspecified atom stereocenters. The van der Waals surface area contributed by atoms with E-state index in [1.54, 1.807) is 0 Å². The van der Waals surface area contributed by atoms with Gasteiger partial charge in [0, 0.05) is 11.4 Å². The van der Waals surface area contributed by atoms with Crippen molar-refractivity contribution in [2.75, 3.05) is 0 Å². The molecule has 0 spiro atoms. The summed E-state index contributed by atoms with van der Waals surface area (Å²) in [4.78, 5) is 9.91. The Kier molecular flexibility index (Phi) is 5.79. The van der Waals surface area contributed by atoms with Gasteiger partial charge in [0.25, 0.3) is 0 Å². The summed E-state index contributed by atoms with van der Waals surface area (Å²) in [5.41, 5.74) is 7.41. The summed E-state index contributed by atoms with van der Waals surface area (Å²) in [5, 5.41) is 0. The van der Waals surface area contributed by atoms with Crippen molar-refractivity contribution in [2.45, 2.75) is 65.2 Å². The third-order valence-corrected chi connectivity index (χ3v) is 4.60. The lowest BCUT2D eigenvalue weighted by molar-refractivity contribution is 0.895. The molecular weight excluding hydrogens is 292 g/mol. The molecular formula is C22H28N2. The maximum absolute atomic E-state index is 4.96. The molecule has 0 saturated carbocycles. The van der Waals surface area contributed by atoms with E-state index < -0.39 is 0 Å². The molecule has 0 atom stereocenters. The van der Waals surface area contributed by atoms with Gasteiger partial charge in [0.15, 0.2) is 0 Å². The summed E-state index contributed by atoms with van der Waals surface area (Å²) >= 11 is 0. The zero-order valence-corrected chi connectivity index (χ0v) is 15.0. The number of rotatable bonds is 6. The van der Waals surface area contributed by atoms with Gasteiger partial charge >= 0.3 is 0 Å². The van der Waals surface area contributed by atoms with E-state index in [2.05, 4.69) is 50.3 Å². The minimum Gasteiger partial charge on any atom is -0.253 e. The predicted molar refractivity (Wildman–Crippen MR) is 105 cm³/mol. The van der Waals surface area contributed by atoms with Gasteiger partial charge in [-0.15, -0.1) is 0 Å². The van der Waals surface area contributed by atoms with Crippen LogP contribution in [0.3, 0.4) is 0 Å². The number of allylic oxidation sites excluding steroid dienone is 4. The molecule has 0 amide bonds. The highest BCUT2D eigenvalue weighted by molar-refractivity contribution is 6.00. The van der Waals surface area contributed by atoms with Gasteiger partial charge in [0.1, 0.15) is 0 Å². The van der Waals surface area contributed by atoms with Gasteiger partial charge in [0.05, 0.1) is 11.4 Å². The van der Waals surface area contributed by atoms with E-state index in [0.717, 1.165) is 62.7 Å². The van der Waals surface area contributed by atoms with Crippen molar-refractivity contribution in [2.24, 2.45) is 9.98 Å². The van der Waals surface area contributed by atoms with E-state index in [9.17, 15) is 0 Å². The molecule has 0 aliphatic heterocycles. The summed E-state index contributed by atoms with van der Waals surface area (Å²) < 4.78 is 0. The van der Waals surface area contributed by atoms with Crippen molar-refractivity contribution in [1.29, 1.82) is 0 Å². The molecule has 0 radical (unpaired) electrons. The zero-order chi connectivity index (χ0) is 16.8. The SMILES string of the molecule is CCCc1cc(CCC)c(N=C2C=CCC2)cc1N=C1C=CCC1. The Balaban J connectivity index is 2.04. The van der Waals surface area contributed by atoms with Crippen molar-refractivity contribution in [3.8, 4) is 0 Å². The Hall–Kier alpha value is -1.96. The van der Waals surface area contributed by atoms with Crippen molar-refractivity contribution >= 4 is 22.8 Å². The number of hydrogen-bond donors (Lipinski definition) is 0. The van der Waals surface area contributed by atoms with Gasteiger partial charge in [-0.25, -0.2) is 0 Å². The maximum atomic E-state index is 4.96. The molecule has 0 saturated heterocycles. The molecule has 0 bridgehead atoms. The van der Waals surface area contributed by atoms with Crippen LogP contribution in [0, 0.1) is 0 Å². The molecule has 3 rings (SSSR count). The van der Waals surface area contributed by atoms with E-state index >= 15 is 0 Å². The van der Waals surface area contributed by atoms with E-state index in [1.807, 2.05) is 0 Å². The van der Waals surface area contributed by atoms with Crippen LogP contribution in [0.25, 0.3) is 0 Å². The summed E-state index contributed by atoms with van der Waals surface area (Å²) in [6.45, 7) is 4.48. The number of aryl methyl sites for hydroxylation is 2. The van der Waals surface area contributed by atoms with E-state index in [4.69, 9.17) is 9.98 Å². The Morgan fingerprint density at radius 3 is 1.62 bits per heavy atom. The standard InChI is InChI=1S/C22H28N2/c1-3-9-17-15-18(10-4-2)22(24-20-13-7-8-14-20)16-21(17)23-19-11-5-6-12-19/h5,7,11,13,15-16H,3-4,6,8-10,12,14H2,1-2H3. The van der Waals surface area contributed by atoms with Gasteiger partial charge < -0.3 is 0 Å². The van der Waals surface area contributed by atoms with Gasteiger partial charge in [-0.05, 0) is 67.9 Å². The highest BCUT2D eigenvalue weighted by atomic mass is 14.8. The lowest BCUT2D eigenvalue weighted by Crippen LogP contribution is -1.95. The Morgan fingerprint density at radius 1 is 0.750 bits per heavy atom. The lowest BCUT2D eigenvalue weighted by Gasteiger charge is -2.12. The zero-order valence-electron chi connectivity index (χ0n) is 15.0. The van der Waals surface area contributed by atoms with Crippen LogP contribution in [0.15, 0.2) is 46.4 Å². The smallest absolute Gasteiger partial charge is 0.0686 e. The number of hydrogen-bond acceptors (Lipinski definition) is 2. The van der Waals surface area contributed by atoms with Crippen LogP contribution in [0.1, 0.15) is 63.5 Å². The summed E-state index contributed by atoms with van der Waals surface area (Å²) in [7, 11) is 0. The number of benzene rings is 1. The Morgan fingerprint density at radius 2 is 1.25 bits per heavy atom. The molecule has 24 heavy (non-hydrogen) atoms. The van der Waals surface area contributed by atoms with Gasteiger partial charge in [-0.2, -0.15) is 0 Å². The first-order valence-corrected chi connectivity index (χ1v) is 9.44. The third-order valence-electron chi connectivity index (χ3n) is 4.60. The second-order valence-corrected chi connectivity index (χ2v) is 6.70. The monoisotopic (exact) mass is 320 g/mol. The fourth-order valence-corrected chi connectivity index (χ4v) is 3.38. The van der Waals surface area contributed by atoms with Crippen LogP contribution in [0.2, 0.25) is 0 Å². The third kappa shape index (κ3) is 4.11. The second-order valence-electron chi connectivity index (χ2n) is 6.70. The van der Waals surface area contributed by atoms with Gasteiger partial charge in [0.2, 0.25) is 0 Å². The molecule has 0 N–H and O–H groups in total. The quantitative estimate of drug-likeness (QED) is 0.576. The van der Waals surface area contributed by atoms with Crippen LogP contribution in [-0.2, 0) is 12.8 Å². The average molecular weight is 320 g/mol. The van der Waals surface area contributed by atoms with Crippen molar-refractivity contribution in [1.82, 2.24) is 0 Å². The van der Waals surface area contributed by atoms with Crippen LogP contribution in [-0.4, -0.2) is 11.4 Å². The summed E-state index contributed by atoms with van der Waals surface area (Å²) in [6.07, 6.45) is 17.6. The van der Waals surface area contributed by atoms with Crippen molar-refractivity contribution < 1.29 is 0 Å². The lowest BCUT2D eigenvalue weighted by atomic mass is 9.99. The highest BCUT2D eigenvalue weighted by Gasteiger charge is 2.12. The fourth-order valence-electron chi connectivity index (χ4n) is 3.38. The topological polar surface area (TPSA) is 24.7 Å². The van der Waals surface area contributed by atoms with Gasteiger partial charge in [-0.3, -0.25) is 9.98 Å². The van der Waals surface area contributed by atoms with Crippen LogP contribution in [0.4, 0.5) is 11.4 Å². The number of aliphatic imine (C=N–C) groups is 2. The van der Waals surface area contributed by atoms with Crippen molar-refractivity contribution in [3.05, 3.63) is 47.6 Å². The van der Waals surface area contributed by atoms with Crippen LogP contribution >= 0.6 is 0 Å². The molecule has 2 aliphatic rings. The van der Waals surface area contributed by atoms with Crippen molar-refractivity contribution in [3.63, 3.8) is 0 Å². The normalized spacial score (nSPS) is 19.9. The van der Waals surface area contributed by atoms with E-state index in [-0.39, 0.29) is 0 Å². The summed E-state index contributed by atoms with van der Waals surface area (Å²) in [6, 6.07) is 4.59. The number of nitrogens with zero attached hydrogens (tertiary/aromatic N) is 2. The molecule has 1 aromatic carbocycles. The van der Waals surface area contributed by atoms with Crippen LogP contribution < -0.4 is 0 Å². The minimum atomic E-state index is 1.06.